The number of carbonyl (C=O) groups is 1. The van der Waals surface area contributed by atoms with Crippen molar-refractivity contribution in [2.75, 3.05) is 11.9 Å². The predicted octanol–water partition coefficient (Wildman–Crippen LogP) is 5.24. The van der Waals surface area contributed by atoms with Crippen molar-refractivity contribution in [3.63, 3.8) is 0 Å². The van der Waals surface area contributed by atoms with Gasteiger partial charge in [0.1, 0.15) is 22.3 Å². The average molecular weight is 427 g/mol. The molecule has 0 fully saturated rings. The summed E-state index contributed by atoms with van der Waals surface area (Å²) in [6.07, 6.45) is 1.69. The Hall–Kier alpha value is -2.54. The Morgan fingerprint density at radius 2 is 2.17 bits per heavy atom. The molecule has 0 saturated carbocycles. The fourth-order valence-electron chi connectivity index (χ4n) is 4.16. The van der Waals surface area contributed by atoms with E-state index in [4.69, 9.17) is 4.98 Å². The molecule has 7 heteroatoms. The molecular weight excluding hydrogens is 399 g/mol. The molecule has 1 aromatic carbocycles. The second-order valence-electron chi connectivity index (χ2n) is 8.43. The second kappa shape index (κ2) is 8.30. The third kappa shape index (κ3) is 4.17. The molecule has 5 nitrogen and oxygen atoms in total. The van der Waals surface area contributed by atoms with Crippen molar-refractivity contribution in [2.45, 2.75) is 53.1 Å². The molecule has 0 aliphatic carbocycles. The minimum atomic E-state index is -0.282. The first-order chi connectivity index (χ1) is 14.3. The standard InChI is InChI=1S/C23H27FN4OS/c1-13(2)9-17-12-30-23-21(17)22(25-14(3)26-23)27-20-7-8-28(15(4)29)11-16-10-18(24)5-6-19(16)20/h5-6,10,12-13,20H,7-9,11H2,1-4H3,(H,25,26,27). The number of aryl methyl sites for hydroxylation is 1. The van der Waals surface area contributed by atoms with Gasteiger partial charge in [0.2, 0.25) is 5.91 Å². The van der Waals surface area contributed by atoms with Gasteiger partial charge >= 0.3 is 0 Å². The molecule has 1 unspecified atom stereocenters. The minimum absolute atomic E-state index is 0.00295. The Morgan fingerprint density at radius 3 is 2.90 bits per heavy atom. The summed E-state index contributed by atoms with van der Waals surface area (Å²) in [5.41, 5.74) is 3.12. The lowest BCUT2D eigenvalue weighted by Crippen LogP contribution is -2.28. The number of hydrogen-bond donors (Lipinski definition) is 1. The number of aromatic nitrogens is 2. The molecule has 4 rings (SSSR count). The highest BCUT2D eigenvalue weighted by Gasteiger charge is 2.25. The van der Waals surface area contributed by atoms with Gasteiger partial charge in [-0.15, -0.1) is 11.3 Å². The van der Waals surface area contributed by atoms with E-state index in [1.807, 2.05) is 13.0 Å². The van der Waals surface area contributed by atoms with Crippen molar-refractivity contribution >= 4 is 33.3 Å². The maximum Gasteiger partial charge on any atom is 0.219 e. The molecule has 1 aliphatic heterocycles. The third-order valence-electron chi connectivity index (χ3n) is 5.54. The van der Waals surface area contributed by atoms with E-state index < -0.39 is 0 Å². The number of nitrogens with zero attached hydrogens (tertiary/aromatic N) is 3. The zero-order chi connectivity index (χ0) is 21.4. The normalized spacial score (nSPS) is 16.6. The van der Waals surface area contributed by atoms with Crippen LogP contribution in [0.2, 0.25) is 0 Å². The Kier molecular flexibility index (Phi) is 5.73. The molecule has 1 aliphatic rings. The van der Waals surface area contributed by atoms with E-state index in [-0.39, 0.29) is 17.8 Å². The van der Waals surface area contributed by atoms with Crippen LogP contribution in [0.25, 0.3) is 10.2 Å². The summed E-state index contributed by atoms with van der Waals surface area (Å²) in [5.74, 6) is 1.80. The topological polar surface area (TPSA) is 58.1 Å². The van der Waals surface area contributed by atoms with Gasteiger partial charge in [-0.05, 0) is 59.9 Å². The van der Waals surface area contributed by atoms with Crippen LogP contribution in [-0.2, 0) is 17.8 Å². The van der Waals surface area contributed by atoms with Crippen LogP contribution in [0, 0.1) is 18.7 Å². The number of hydrogen-bond acceptors (Lipinski definition) is 5. The Balaban J connectivity index is 1.76. The van der Waals surface area contributed by atoms with Crippen LogP contribution in [0.4, 0.5) is 10.2 Å². The zero-order valence-electron chi connectivity index (χ0n) is 17.8. The number of amides is 1. The lowest BCUT2D eigenvalue weighted by molar-refractivity contribution is -0.129. The van der Waals surface area contributed by atoms with Crippen molar-refractivity contribution in [3.8, 4) is 0 Å². The molecule has 2 aromatic heterocycles. The minimum Gasteiger partial charge on any atom is -0.363 e. The van der Waals surface area contributed by atoms with Gasteiger partial charge in [0, 0.05) is 20.0 Å². The van der Waals surface area contributed by atoms with E-state index in [2.05, 4.69) is 29.5 Å². The van der Waals surface area contributed by atoms with Crippen LogP contribution in [-0.4, -0.2) is 27.3 Å². The summed E-state index contributed by atoms with van der Waals surface area (Å²) in [6.45, 7) is 8.92. The van der Waals surface area contributed by atoms with Gasteiger partial charge in [0.25, 0.3) is 0 Å². The van der Waals surface area contributed by atoms with Crippen LogP contribution < -0.4 is 5.32 Å². The van der Waals surface area contributed by atoms with Gasteiger partial charge in [-0.25, -0.2) is 14.4 Å². The molecule has 3 heterocycles. The third-order valence-corrected chi connectivity index (χ3v) is 6.46. The Labute approximate surface area is 180 Å². The summed E-state index contributed by atoms with van der Waals surface area (Å²) in [5, 5.41) is 6.89. The van der Waals surface area contributed by atoms with Crippen LogP contribution >= 0.6 is 11.3 Å². The lowest BCUT2D eigenvalue weighted by Gasteiger charge is -2.21. The van der Waals surface area contributed by atoms with Crippen molar-refractivity contribution in [1.82, 2.24) is 14.9 Å². The summed E-state index contributed by atoms with van der Waals surface area (Å²) < 4.78 is 14.0. The van der Waals surface area contributed by atoms with Gasteiger partial charge in [0.05, 0.1) is 11.4 Å². The molecule has 0 radical (unpaired) electrons. The van der Waals surface area contributed by atoms with Gasteiger partial charge in [-0.3, -0.25) is 4.79 Å². The lowest BCUT2D eigenvalue weighted by atomic mass is 9.98. The number of thiophene rings is 1. The number of carbonyl (C=O) groups excluding carboxylic acids is 1. The van der Waals surface area contributed by atoms with Gasteiger partial charge in [0.15, 0.2) is 0 Å². The molecule has 1 atom stereocenters. The Bertz CT molecular complexity index is 1090. The molecule has 0 bridgehead atoms. The number of fused-ring (bicyclic) bond motifs is 2. The van der Waals surface area contributed by atoms with E-state index in [0.717, 1.165) is 45.8 Å². The van der Waals surface area contributed by atoms with E-state index in [0.29, 0.717) is 19.0 Å². The van der Waals surface area contributed by atoms with Crippen molar-refractivity contribution < 1.29 is 9.18 Å². The maximum atomic E-state index is 14.0. The SMILES string of the molecule is CC(=O)N1CCC(Nc2nc(C)nc3scc(CC(C)C)c23)c2ccc(F)cc2C1. The van der Waals surface area contributed by atoms with Crippen molar-refractivity contribution in [3.05, 3.63) is 51.9 Å². The smallest absolute Gasteiger partial charge is 0.219 e. The van der Waals surface area contributed by atoms with E-state index >= 15 is 0 Å². The van der Waals surface area contributed by atoms with Crippen molar-refractivity contribution in [2.24, 2.45) is 5.92 Å². The molecule has 0 saturated heterocycles. The molecule has 1 N–H and O–H groups in total. The predicted molar refractivity (Wildman–Crippen MR) is 119 cm³/mol. The highest BCUT2D eigenvalue weighted by atomic mass is 32.1. The van der Waals surface area contributed by atoms with E-state index in [1.165, 1.54) is 11.6 Å². The monoisotopic (exact) mass is 426 g/mol. The summed E-state index contributed by atoms with van der Waals surface area (Å²) >= 11 is 1.65. The molecule has 158 valence electrons. The summed E-state index contributed by atoms with van der Waals surface area (Å²) in [4.78, 5) is 24.2. The first-order valence-corrected chi connectivity index (χ1v) is 11.2. The largest absolute Gasteiger partial charge is 0.363 e. The van der Waals surface area contributed by atoms with Gasteiger partial charge < -0.3 is 10.2 Å². The van der Waals surface area contributed by atoms with Crippen LogP contribution in [0.5, 0.6) is 0 Å². The second-order valence-corrected chi connectivity index (χ2v) is 9.29. The van der Waals surface area contributed by atoms with E-state index in [1.54, 1.807) is 29.2 Å². The number of rotatable bonds is 4. The zero-order valence-corrected chi connectivity index (χ0v) is 18.6. The Morgan fingerprint density at radius 1 is 1.37 bits per heavy atom. The number of benzene rings is 1. The van der Waals surface area contributed by atoms with E-state index in [9.17, 15) is 9.18 Å². The van der Waals surface area contributed by atoms with Crippen LogP contribution in [0.15, 0.2) is 23.6 Å². The molecule has 3 aromatic rings. The highest BCUT2D eigenvalue weighted by molar-refractivity contribution is 7.17. The van der Waals surface area contributed by atoms with Gasteiger partial charge in [-0.2, -0.15) is 0 Å². The van der Waals surface area contributed by atoms with Crippen molar-refractivity contribution in [1.29, 1.82) is 0 Å². The quantitative estimate of drug-likeness (QED) is 0.620. The highest BCUT2D eigenvalue weighted by Crippen LogP contribution is 2.36. The summed E-state index contributed by atoms with van der Waals surface area (Å²) in [6, 6.07) is 4.81. The van der Waals surface area contributed by atoms with Crippen LogP contribution in [0.3, 0.4) is 0 Å². The fourth-order valence-corrected chi connectivity index (χ4v) is 5.16. The number of nitrogens with one attached hydrogen (secondary N) is 1. The maximum absolute atomic E-state index is 14.0. The molecule has 1 amide bonds. The molecule has 30 heavy (non-hydrogen) atoms. The van der Waals surface area contributed by atoms with Crippen LogP contribution in [0.1, 0.15) is 55.7 Å². The first-order valence-electron chi connectivity index (χ1n) is 10.4. The van der Waals surface area contributed by atoms with Gasteiger partial charge in [-0.1, -0.05) is 19.9 Å². The molecule has 0 spiro atoms. The number of anilines is 1. The fraction of sp³-hybridized carbons (Fsp3) is 0.435. The summed E-state index contributed by atoms with van der Waals surface area (Å²) in [7, 11) is 0. The first kappa shape index (κ1) is 20.7. The average Bonchev–Trinajstić information content (AvgIpc) is 2.96. The number of halogens is 1. The molecular formula is C23H27FN4OS.